The maximum atomic E-state index is 11.5. The van der Waals surface area contributed by atoms with E-state index in [1.165, 1.54) is 0 Å². The summed E-state index contributed by atoms with van der Waals surface area (Å²) in [6.07, 6.45) is 1.55. The molecule has 1 aromatic carbocycles. The molecule has 108 valence electrons. The summed E-state index contributed by atoms with van der Waals surface area (Å²) in [6, 6.07) is 9.90. The van der Waals surface area contributed by atoms with Crippen molar-refractivity contribution in [1.29, 1.82) is 0 Å². The minimum absolute atomic E-state index is 0.150. The van der Waals surface area contributed by atoms with Crippen LogP contribution in [0.1, 0.15) is 10.5 Å². The summed E-state index contributed by atoms with van der Waals surface area (Å²) < 4.78 is 0. The molecule has 0 saturated heterocycles. The van der Waals surface area contributed by atoms with Gasteiger partial charge in [0.2, 0.25) is 0 Å². The highest BCUT2D eigenvalue weighted by Crippen LogP contribution is 2.33. The van der Waals surface area contributed by atoms with Crippen molar-refractivity contribution >= 4 is 28.5 Å². The third-order valence-electron chi connectivity index (χ3n) is 3.60. The number of aromatic nitrogens is 3. The molecule has 22 heavy (non-hydrogen) atoms. The molecule has 3 N–H and O–H groups in total. The summed E-state index contributed by atoms with van der Waals surface area (Å²) in [5.74, 6) is -0.998. The number of benzene rings is 1. The quantitative estimate of drug-likeness (QED) is 0.535. The van der Waals surface area contributed by atoms with Gasteiger partial charge in [0.15, 0.2) is 5.65 Å². The number of H-pyrrole nitrogens is 2. The molecular weight excluding hydrogens is 298 g/mol. The van der Waals surface area contributed by atoms with Crippen molar-refractivity contribution in [3.63, 3.8) is 0 Å². The summed E-state index contributed by atoms with van der Waals surface area (Å²) in [7, 11) is 0. The van der Waals surface area contributed by atoms with Gasteiger partial charge in [-0.1, -0.05) is 18.2 Å². The number of hydrogen-bond acceptors (Lipinski definition) is 3. The zero-order valence-corrected chi connectivity index (χ0v) is 12.1. The van der Waals surface area contributed by atoms with Crippen molar-refractivity contribution in [3.05, 3.63) is 53.1 Å². The standard InChI is InChI=1S/C16H11N3O2S/c20-16(21)14-12(13-15(19-14)18-8-17-13)10-3-1-2-9(6-10)11-4-5-22-7-11/h1-8,19H,(H,17,18)(H,20,21). The average molecular weight is 309 g/mol. The van der Waals surface area contributed by atoms with E-state index in [1.54, 1.807) is 17.7 Å². The Kier molecular flexibility index (Phi) is 2.83. The van der Waals surface area contributed by atoms with E-state index in [0.717, 1.165) is 16.7 Å². The molecule has 0 unspecified atom stereocenters. The van der Waals surface area contributed by atoms with Crippen LogP contribution in [0.3, 0.4) is 0 Å². The normalized spacial score (nSPS) is 11.1. The lowest BCUT2D eigenvalue weighted by atomic mass is 10.00. The van der Waals surface area contributed by atoms with Gasteiger partial charge in [-0.25, -0.2) is 9.78 Å². The maximum Gasteiger partial charge on any atom is 0.353 e. The molecule has 0 spiro atoms. The summed E-state index contributed by atoms with van der Waals surface area (Å²) in [4.78, 5) is 21.5. The number of rotatable bonds is 3. The van der Waals surface area contributed by atoms with Crippen LogP contribution in [-0.4, -0.2) is 26.0 Å². The van der Waals surface area contributed by atoms with Crippen LogP contribution in [0.2, 0.25) is 0 Å². The van der Waals surface area contributed by atoms with Crippen LogP contribution in [0.5, 0.6) is 0 Å². The van der Waals surface area contributed by atoms with Gasteiger partial charge in [0.1, 0.15) is 5.69 Å². The predicted octanol–water partition coefficient (Wildman–Crippen LogP) is 3.98. The highest BCUT2D eigenvalue weighted by Gasteiger charge is 2.20. The summed E-state index contributed by atoms with van der Waals surface area (Å²) in [5.41, 5.74) is 5.07. The Morgan fingerprint density at radius 3 is 2.82 bits per heavy atom. The molecule has 5 nitrogen and oxygen atoms in total. The fourth-order valence-corrected chi connectivity index (χ4v) is 3.28. The van der Waals surface area contributed by atoms with Crippen LogP contribution in [0, 0.1) is 0 Å². The number of thiophene rings is 1. The summed E-state index contributed by atoms with van der Waals surface area (Å²) in [5, 5.41) is 13.5. The van der Waals surface area contributed by atoms with E-state index in [-0.39, 0.29) is 5.69 Å². The minimum Gasteiger partial charge on any atom is -0.477 e. The van der Waals surface area contributed by atoms with Crippen molar-refractivity contribution < 1.29 is 9.90 Å². The zero-order valence-electron chi connectivity index (χ0n) is 11.3. The van der Waals surface area contributed by atoms with Gasteiger partial charge in [-0.2, -0.15) is 11.3 Å². The van der Waals surface area contributed by atoms with Crippen molar-refractivity contribution in [1.82, 2.24) is 15.0 Å². The second-order valence-corrected chi connectivity index (χ2v) is 5.68. The second kappa shape index (κ2) is 4.85. The number of aromatic carboxylic acids is 1. The first-order chi connectivity index (χ1) is 10.7. The van der Waals surface area contributed by atoms with Crippen molar-refractivity contribution in [2.24, 2.45) is 0 Å². The monoisotopic (exact) mass is 309 g/mol. The van der Waals surface area contributed by atoms with Crippen molar-refractivity contribution in [3.8, 4) is 22.3 Å². The Morgan fingerprint density at radius 2 is 2.05 bits per heavy atom. The SMILES string of the molecule is O=C(O)c1[nH]c2nc[nH]c2c1-c1cccc(-c2ccsc2)c1. The Hall–Kier alpha value is -2.86. The van der Waals surface area contributed by atoms with E-state index in [2.05, 4.69) is 20.3 Å². The third kappa shape index (κ3) is 1.93. The van der Waals surface area contributed by atoms with Crippen molar-refractivity contribution in [2.75, 3.05) is 0 Å². The number of hydrogen-bond donors (Lipinski definition) is 3. The molecule has 0 bridgehead atoms. The van der Waals surface area contributed by atoms with Crippen LogP contribution < -0.4 is 0 Å². The van der Waals surface area contributed by atoms with Gasteiger partial charge >= 0.3 is 5.97 Å². The van der Waals surface area contributed by atoms with Crippen LogP contribution in [0.25, 0.3) is 33.4 Å². The number of carbonyl (C=O) groups is 1. The van der Waals surface area contributed by atoms with E-state index in [4.69, 9.17) is 0 Å². The van der Waals surface area contributed by atoms with E-state index < -0.39 is 5.97 Å². The lowest BCUT2D eigenvalue weighted by Crippen LogP contribution is -1.99. The fraction of sp³-hybridized carbons (Fsp3) is 0. The molecular formula is C16H11N3O2S. The summed E-state index contributed by atoms with van der Waals surface area (Å²) in [6.45, 7) is 0. The van der Waals surface area contributed by atoms with Crippen LogP contribution in [0.4, 0.5) is 0 Å². The molecule has 0 amide bonds. The number of aromatic amines is 2. The van der Waals surface area contributed by atoms with Gasteiger partial charge in [-0.3, -0.25) is 0 Å². The lowest BCUT2D eigenvalue weighted by molar-refractivity contribution is 0.0692. The minimum atomic E-state index is -0.998. The molecule has 4 aromatic rings. The largest absolute Gasteiger partial charge is 0.477 e. The topological polar surface area (TPSA) is 81.8 Å². The zero-order chi connectivity index (χ0) is 15.1. The number of fused-ring (bicyclic) bond motifs is 1. The molecule has 3 aromatic heterocycles. The van der Waals surface area contributed by atoms with Crippen LogP contribution in [-0.2, 0) is 0 Å². The fourth-order valence-electron chi connectivity index (χ4n) is 2.62. The highest BCUT2D eigenvalue weighted by molar-refractivity contribution is 7.08. The number of nitrogens with one attached hydrogen (secondary N) is 2. The molecule has 0 fully saturated rings. The molecule has 0 aliphatic heterocycles. The van der Waals surface area contributed by atoms with E-state index in [9.17, 15) is 9.90 Å². The van der Waals surface area contributed by atoms with Crippen LogP contribution in [0.15, 0.2) is 47.4 Å². The van der Waals surface area contributed by atoms with E-state index >= 15 is 0 Å². The molecule has 6 heteroatoms. The average Bonchev–Trinajstić information content (AvgIpc) is 3.23. The molecule has 3 heterocycles. The molecule has 0 atom stereocenters. The molecule has 0 aliphatic carbocycles. The first-order valence-electron chi connectivity index (χ1n) is 6.65. The molecule has 4 rings (SSSR count). The van der Waals surface area contributed by atoms with E-state index in [1.807, 2.05) is 35.7 Å². The second-order valence-electron chi connectivity index (χ2n) is 4.90. The third-order valence-corrected chi connectivity index (χ3v) is 4.29. The Bertz CT molecular complexity index is 967. The highest BCUT2D eigenvalue weighted by atomic mass is 32.1. The first-order valence-corrected chi connectivity index (χ1v) is 7.59. The number of nitrogens with zero attached hydrogens (tertiary/aromatic N) is 1. The maximum absolute atomic E-state index is 11.5. The van der Waals surface area contributed by atoms with Crippen molar-refractivity contribution in [2.45, 2.75) is 0 Å². The Labute approximate surface area is 129 Å². The smallest absolute Gasteiger partial charge is 0.353 e. The van der Waals surface area contributed by atoms with Gasteiger partial charge in [-0.05, 0) is 39.6 Å². The van der Waals surface area contributed by atoms with Gasteiger partial charge in [0.25, 0.3) is 0 Å². The molecule has 0 saturated carbocycles. The number of carboxylic acids is 1. The van der Waals surface area contributed by atoms with Gasteiger partial charge in [0, 0.05) is 5.56 Å². The van der Waals surface area contributed by atoms with Crippen LogP contribution >= 0.6 is 11.3 Å². The van der Waals surface area contributed by atoms with Gasteiger partial charge in [-0.15, -0.1) is 0 Å². The predicted molar refractivity (Wildman–Crippen MR) is 86.2 cm³/mol. The first kappa shape index (κ1) is 12.8. The Balaban J connectivity index is 1.95. The number of carboxylic acid groups (broad SMARTS) is 1. The van der Waals surface area contributed by atoms with Gasteiger partial charge in [0.05, 0.1) is 11.8 Å². The summed E-state index contributed by atoms with van der Waals surface area (Å²) >= 11 is 1.63. The number of imidazole rings is 1. The van der Waals surface area contributed by atoms with E-state index in [0.29, 0.717) is 16.7 Å². The Morgan fingerprint density at radius 1 is 1.18 bits per heavy atom. The van der Waals surface area contributed by atoms with Gasteiger partial charge < -0.3 is 15.1 Å². The lowest BCUT2D eigenvalue weighted by Gasteiger charge is -2.04. The molecule has 0 aliphatic rings. The molecule has 0 radical (unpaired) electrons.